The molecule has 1 rings (SSSR count). The Bertz CT molecular complexity index is 287. The largest absolute Gasteiger partial charge is 0.391 e. The first kappa shape index (κ1) is 9.06. The number of hydrogen-bond donors (Lipinski definition) is 2. The van der Waals surface area contributed by atoms with Gasteiger partial charge in [-0.2, -0.15) is 0 Å². The van der Waals surface area contributed by atoms with Gasteiger partial charge in [0.2, 0.25) is 0 Å². The van der Waals surface area contributed by atoms with Gasteiger partial charge in [-0.15, -0.1) is 0 Å². The summed E-state index contributed by atoms with van der Waals surface area (Å²) in [5, 5.41) is 9.45. The van der Waals surface area contributed by atoms with E-state index in [9.17, 15) is 9.90 Å². The van der Waals surface area contributed by atoms with Gasteiger partial charge in [0.1, 0.15) is 0 Å². The highest BCUT2D eigenvalue weighted by Crippen LogP contribution is 2.02. The van der Waals surface area contributed by atoms with E-state index in [0.29, 0.717) is 6.54 Å². The van der Waals surface area contributed by atoms with E-state index in [-0.39, 0.29) is 11.6 Å². The Kier molecular flexibility index (Phi) is 2.70. The smallest absolute Gasteiger partial charge is 0.325 e. The van der Waals surface area contributed by atoms with Crippen LogP contribution < -0.4 is 5.69 Å². The Morgan fingerprint density at radius 2 is 2.33 bits per heavy atom. The maximum absolute atomic E-state index is 11.0. The Labute approximate surface area is 70.9 Å². The van der Waals surface area contributed by atoms with Gasteiger partial charge in [0.15, 0.2) is 0 Å². The highest BCUT2D eigenvalue weighted by molar-refractivity contribution is 4.77. The summed E-state index contributed by atoms with van der Waals surface area (Å²) in [6, 6.07) is 0. The Balaban J connectivity index is 2.64. The fourth-order valence-electron chi connectivity index (χ4n) is 0.905. The predicted molar refractivity (Wildman–Crippen MR) is 45.9 cm³/mol. The minimum atomic E-state index is -0.460. The van der Waals surface area contributed by atoms with Crippen LogP contribution in [-0.2, 0) is 6.54 Å². The van der Waals surface area contributed by atoms with Crippen LogP contribution in [0, 0.1) is 5.92 Å². The maximum Gasteiger partial charge on any atom is 0.325 e. The lowest BCUT2D eigenvalue weighted by molar-refractivity contribution is 0.106. The van der Waals surface area contributed by atoms with Crippen LogP contribution in [0.15, 0.2) is 17.2 Å². The molecule has 0 aliphatic carbocycles. The topological polar surface area (TPSA) is 58.0 Å². The van der Waals surface area contributed by atoms with Crippen molar-refractivity contribution in [3.05, 3.63) is 22.9 Å². The number of aromatic nitrogens is 2. The van der Waals surface area contributed by atoms with Crippen LogP contribution in [0.3, 0.4) is 0 Å². The molecule has 0 aromatic carbocycles. The standard InChI is InChI=1S/C8H14N2O2/c1-6(2)7(11)5-10-4-3-9-8(10)12/h3-4,6-7,11H,5H2,1-2H3,(H,9,12). The lowest BCUT2D eigenvalue weighted by atomic mass is 10.1. The summed E-state index contributed by atoms with van der Waals surface area (Å²) in [6.07, 6.45) is 2.74. The lowest BCUT2D eigenvalue weighted by Crippen LogP contribution is -2.27. The Morgan fingerprint density at radius 1 is 1.67 bits per heavy atom. The van der Waals surface area contributed by atoms with E-state index in [4.69, 9.17) is 0 Å². The number of H-pyrrole nitrogens is 1. The van der Waals surface area contributed by atoms with Gasteiger partial charge in [-0.05, 0) is 5.92 Å². The van der Waals surface area contributed by atoms with Crippen LogP contribution in [0.1, 0.15) is 13.8 Å². The average Bonchev–Trinajstić information content (AvgIpc) is 2.36. The molecule has 4 heteroatoms. The van der Waals surface area contributed by atoms with Gasteiger partial charge in [-0.1, -0.05) is 13.8 Å². The molecule has 1 heterocycles. The van der Waals surface area contributed by atoms with Gasteiger partial charge < -0.3 is 10.1 Å². The van der Waals surface area contributed by atoms with E-state index >= 15 is 0 Å². The second-order valence-electron chi connectivity index (χ2n) is 3.23. The number of nitrogens with one attached hydrogen (secondary N) is 1. The number of hydrogen-bond acceptors (Lipinski definition) is 2. The van der Waals surface area contributed by atoms with Crippen LogP contribution >= 0.6 is 0 Å². The van der Waals surface area contributed by atoms with Crippen LogP contribution in [-0.4, -0.2) is 20.8 Å². The molecule has 4 nitrogen and oxygen atoms in total. The SMILES string of the molecule is CC(C)C(O)Cn1cc[nH]c1=O. The van der Waals surface area contributed by atoms with Crippen LogP contribution in [0.25, 0.3) is 0 Å². The molecule has 2 N–H and O–H groups in total. The summed E-state index contributed by atoms with van der Waals surface area (Å²) in [4.78, 5) is 13.5. The van der Waals surface area contributed by atoms with Crippen LogP contribution in [0.4, 0.5) is 0 Å². The summed E-state index contributed by atoms with van der Waals surface area (Å²) < 4.78 is 1.46. The number of nitrogens with zero attached hydrogens (tertiary/aromatic N) is 1. The molecule has 12 heavy (non-hydrogen) atoms. The molecule has 1 unspecified atom stereocenters. The van der Waals surface area contributed by atoms with Crippen molar-refractivity contribution < 1.29 is 5.11 Å². The predicted octanol–water partition coefficient (Wildman–Crippen LogP) is 0.193. The van der Waals surface area contributed by atoms with E-state index in [2.05, 4.69) is 4.98 Å². The Morgan fingerprint density at radius 3 is 2.75 bits per heavy atom. The molecule has 0 saturated carbocycles. The van der Waals surface area contributed by atoms with E-state index in [1.165, 1.54) is 4.57 Å². The zero-order chi connectivity index (χ0) is 9.14. The number of aliphatic hydroxyl groups is 1. The molecular weight excluding hydrogens is 156 g/mol. The number of aromatic amines is 1. The first-order chi connectivity index (χ1) is 5.61. The third-order valence-electron chi connectivity index (χ3n) is 1.88. The van der Waals surface area contributed by atoms with E-state index in [1.54, 1.807) is 12.4 Å². The van der Waals surface area contributed by atoms with Crippen molar-refractivity contribution in [2.45, 2.75) is 26.5 Å². The van der Waals surface area contributed by atoms with Crippen LogP contribution in [0.2, 0.25) is 0 Å². The molecule has 1 aromatic heterocycles. The third kappa shape index (κ3) is 1.98. The second-order valence-corrected chi connectivity index (χ2v) is 3.23. The minimum absolute atomic E-state index is 0.172. The van der Waals surface area contributed by atoms with Gasteiger partial charge in [0.05, 0.1) is 12.6 Å². The molecular formula is C8H14N2O2. The summed E-state index contributed by atoms with van der Waals surface area (Å²) in [6.45, 7) is 4.20. The first-order valence-corrected chi connectivity index (χ1v) is 4.03. The fourth-order valence-corrected chi connectivity index (χ4v) is 0.905. The van der Waals surface area contributed by atoms with E-state index in [0.717, 1.165) is 0 Å². The molecule has 68 valence electrons. The van der Waals surface area contributed by atoms with Gasteiger partial charge in [0, 0.05) is 12.4 Å². The van der Waals surface area contributed by atoms with Crippen molar-refractivity contribution in [3.63, 3.8) is 0 Å². The minimum Gasteiger partial charge on any atom is -0.391 e. The molecule has 1 atom stereocenters. The van der Waals surface area contributed by atoms with Gasteiger partial charge in [0.25, 0.3) is 0 Å². The molecule has 0 aliphatic rings. The van der Waals surface area contributed by atoms with Gasteiger partial charge >= 0.3 is 5.69 Å². The van der Waals surface area contributed by atoms with Crippen LogP contribution in [0.5, 0.6) is 0 Å². The molecule has 0 radical (unpaired) electrons. The molecule has 0 amide bonds. The zero-order valence-electron chi connectivity index (χ0n) is 7.32. The normalized spacial score (nSPS) is 13.7. The number of rotatable bonds is 3. The van der Waals surface area contributed by atoms with Gasteiger partial charge in [-0.3, -0.25) is 4.57 Å². The van der Waals surface area contributed by atoms with E-state index < -0.39 is 6.10 Å². The highest BCUT2D eigenvalue weighted by Gasteiger charge is 2.10. The molecule has 0 bridgehead atoms. The number of aliphatic hydroxyl groups excluding tert-OH is 1. The van der Waals surface area contributed by atoms with Crippen molar-refractivity contribution in [2.75, 3.05) is 0 Å². The molecule has 0 aliphatic heterocycles. The van der Waals surface area contributed by atoms with Crippen molar-refractivity contribution in [2.24, 2.45) is 5.92 Å². The quantitative estimate of drug-likeness (QED) is 0.680. The Hall–Kier alpha value is -1.03. The van der Waals surface area contributed by atoms with Gasteiger partial charge in [-0.25, -0.2) is 4.79 Å². The lowest BCUT2D eigenvalue weighted by Gasteiger charge is -2.13. The maximum atomic E-state index is 11.0. The van der Waals surface area contributed by atoms with Crippen molar-refractivity contribution in [1.29, 1.82) is 0 Å². The van der Waals surface area contributed by atoms with Crippen molar-refractivity contribution in [1.82, 2.24) is 9.55 Å². The molecule has 1 aromatic rings. The first-order valence-electron chi connectivity index (χ1n) is 4.03. The van der Waals surface area contributed by atoms with E-state index in [1.807, 2.05) is 13.8 Å². The van der Waals surface area contributed by atoms with Crippen molar-refractivity contribution in [3.8, 4) is 0 Å². The highest BCUT2D eigenvalue weighted by atomic mass is 16.3. The summed E-state index contributed by atoms with van der Waals surface area (Å²) >= 11 is 0. The third-order valence-corrected chi connectivity index (χ3v) is 1.88. The molecule has 0 spiro atoms. The summed E-state index contributed by atoms with van der Waals surface area (Å²) in [5.41, 5.74) is -0.172. The molecule has 0 fully saturated rings. The molecule has 0 saturated heterocycles. The van der Waals surface area contributed by atoms with Crippen molar-refractivity contribution >= 4 is 0 Å². The monoisotopic (exact) mass is 170 g/mol. The average molecular weight is 170 g/mol. The fraction of sp³-hybridized carbons (Fsp3) is 0.625. The summed E-state index contributed by atoms with van der Waals surface area (Å²) in [5.74, 6) is 0.173. The summed E-state index contributed by atoms with van der Waals surface area (Å²) in [7, 11) is 0. The number of imidazole rings is 1. The zero-order valence-corrected chi connectivity index (χ0v) is 7.32. The second kappa shape index (κ2) is 3.58.